The molecule has 0 unspecified atom stereocenters. The number of esters is 1. The normalized spacial score (nSPS) is 12.5. The molecule has 4 nitrogen and oxygen atoms in total. The predicted molar refractivity (Wildman–Crippen MR) is 92.1 cm³/mol. The second-order valence-electron chi connectivity index (χ2n) is 5.77. The largest absolute Gasteiger partial charge is 0.465 e. The van der Waals surface area contributed by atoms with Gasteiger partial charge in [0.25, 0.3) is 0 Å². The van der Waals surface area contributed by atoms with Crippen molar-refractivity contribution in [2.24, 2.45) is 0 Å². The van der Waals surface area contributed by atoms with Crippen LogP contribution in [0.5, 0.6) is 0 Å². The maximum Gasteiger partial charge on any atom is 0.334 e. The molecule has 0 spiro atoms. The smallest absolute Gasteiger partial charge is 0.334 e. The number of rotatable bonds is 12. The highest BCUT2D eigenvalue weighted by molar-refractivity contribution is 9.10. The lowest BCUT2D eigenvalue weighted by Crippen LogP contribution is -2.38. The molecule has 0 saturated carbocycles. The van der Waals surface area contributed by atoms with E-state index in [1.165, 1.54) is 0 Å². The highest BCUT2D eigenvalue weighted by Crippen LogP contribution is 2.19. The average molecular weight is 383 g/mol. The van der Waals surface area contributed by atoms with Crippen molar-refractivity contribution in [2.45, 2.75) is 70.3 Å². The zero-order valence-corrected chi connectivity index (χ0v) is 16.8. The Labute approximate surface area is 139 Å². The topological polar surface area (TPSA) is 44.8 Å². The summed E-state index contributed by atoms with van der Waals surface area (Å²) in [6.07, 6.45) is 4.22. The molecule has 0 aliphatic heterocycles. The van der Waals surface area contributed by atoms with Crippen LogP contribution >= 0.6 is 15.9 Å². The first-order valence-electron chi connectivity index (χ1n) is 7.89. The minimum absolute atomic E-state index is 0.199. The first-order valence-corrected chi connectivity index (χ1v) is 11.2. The number of halogens is 1. The Balaban J connectivity index is 3.69. The van der Waals surface area contributed by atoms with Crippen LogP contribution < -0.4 is 0 Å². The van der Waals surface area contributed by atoms with Gasteiger partial charge in [-0.05, 0) is 46.7 Å². The summed E-state index contributed by atoms with van der Waals surface area (Å²) in [5.74, 6) is -0.199. The highest BCUT2D eigenvalue weighted by Gasteiger charge is 2.29. The van der Waals surface area contributed by atoms with Gasteiger partial charge in [-0.2, -0.15) is 0 Å². The molecule has 0 rings (SSSR count). The van der Waals surface area contributed by atoms with E-state index < -0.39 is 12.9 Å². The summed E-state index contributed by atoms with van der Waals surface area (Å²) >= 11 is 3.29. The fraction of sp³-hybridized carbons (Fsp3) is 0.933. The van der Waals surface area contributed by atoms with Crippen molar-refractivity contribution in [1.29, 1.82) is 0 Å². The summed E-state index contributed by atoms with van der Waals surface area (Å²) < 4.78 is 16.2. The van der Waals surface area contributed by atoms with Crippen LogP contribution in [0.4, 0.5) is 0 Å². The Kier molecular flexibility index (Phi) is 10.8. The van der Waals surface area contributed by atoms with E-state index in [0.29, 0.717) is 6.61 Å². The maximum atomic E-state index is 11.5. The van der Waals surface area contributed by atoms with Crippen LogP contribution in [-0.4, -0.2) is 38.7 Å². The summed E-state index contributed by atoms with van der Waals surface area (Å²) in [7, 11) is -1.95. The Bertz CT molecular complexity index is 286. The second kappa shape index (κ2) is 10.8. The molecule has 0 fully saturated rings. The third-order valence-electron chi connectivity index (χ3n) is 3.14. The molecule has 0 amide bonds. The van der Waals surface area contributed by atoms with E-state index in [4.69, 9.17) is 13.6 Å². The molecule has 0 heterocycles. The summed E-state index contributed by atoms with van der Waals surface area (Å²) in [5, 5.41) is 0. The number of unbranched alkanes of at least 4 members (excludes halogenated alkanes) is 3. The molecule has 0 saturated heterocycles. The van der Waals surface area contributed by atoms with Crippen molar-refractivity contribution >= 4 is 30.5 Å². The van der Waals surface area contributed by atoms with E-state index in [1.807, 2.05) is 13.8 Å². The van der Waals surface area contributed by atoms with Gasteiger partial charge in [-0.1, -0.05) is 35.2 Å². The summed E-state index contributed by atoms with van der Waals surface area (Å²) in [5.41, 5.74) is 0. The molecule has 6 heteroatoms. The number of hydrogen-bond acceptors (Lipinski definition) is 4. The minimum Gasteiger partial charge on any atom is -0.465 e. The third-order valence-corrected chi connectivity index (χ3v) is 6.53. The van der Waals surface area contributed by atoms with E-state index in [9.17, 15) is 4.79 Å². The number of ether oxygens (including phenoxy) is 1. The number of carbonyl (C=O) groups excluding carboxylic acids is 1. The van der Waals surface area contributed by atoms with Crippen LogP contribution in [0.15, 0.2) is 0 Å². The molecule has 0 aliphatic rings. The van der Waals surface area contributed by atoms with Crippen molar-refractivity contribution in [3.05, 3.63) is 0 Å². The van der Waals surface area contributed by atoms with Crippen molar-refractivity contribution in [3.63, 3.8) is 0 Å². The third kappa shape index (κ3) is 10.4. The molecule has 0 bridgehead atoms. The predicted octanol–water partition coefficient (Wildman–Crippen LogP) is 4.41. The maximum absolute atomic E-state index is 11.5. The second-order valence-corrected chi connectivity index (χ2v) is 11.1. The average Bonchev–Trinajstić information content (AvgIpc) is 2.36. The fourth-order valence-electron chi connectivity index (χ4n) is 2.03. The van der Waals surface area contributed by atoms with Crippen LogP contribution in [0, 0.1) is 0 Å². The monoisotopic (exact) mass is 382 g/mol. The molecule has 0 aromatic carbocycles. The van der Waals surface area contributed by atoms with Crippen LogP contribution in [0.3, 0.4) is 0 Å². The van der Waals surface area contributed by atoms with E-state index in [2.05, 4.69) is 22.5 Å². The summed E-state index contributed by atoms with van der Waals surface area (Å²) in [4.78, 5) is 11.5. The minimum atomic E-state index is -1.95. The van der Waals surface area contributed by atoms with Crippen LogP contribution in [0.25, 0.3) is 0 Å². The Hall–Kier alpha value is 0.0869. The van der Waals surface area contributed by atoms with Crippen molar-refractivity contribution in [2.75, 3.05) is 19.8 Å². The van der Waals surface area contributed by atoms with Gasteiger partial charge in [-0.15, -0.1) is 0 Å². The standard InChI is InChI=1S/C15H31BrO4Si/c1-6-19-21(5,20-7-2)13-11-9-8-10-12-18-14(17)15(3,4)16/h6-13H2,1-5H3. The zero-order valence-electron chi connectivity index (χ0n) is 14.2. The van der Waals surface area contributed by atoms with Crippen LogP contribution in [0.2, 0.25) is 12.6 Å². The van der Waals surface area contributed by atoms with E-state index in [1.54, 1.807) is 13.8 Å². The van der Waals surface area contributed by atoms with E-state index in [-0.39, 0.29) is 5.97 Å². The lowest BCUT2D eigenvalue weighted by atomic mass is 10.2. The Morgan fingerprint density at radius 3 is 2.05 bits per heavy atom. The van der Waals surface area contributed by atoms with Crippen molar-refractivity contribution < 1.29 is 18.4 Å². The molecule has 0 atom stereocenters. The first kappa shape index (κ1) is 21.1. The SMILES string of the molecule is CCO[Si](C)(CCCCCCOC(=O)C(C)(C)Br)OCC. The lowest BCUT2D eigenvalue weighted by Gasteiger charge is -2.25. The number of hydrogen-bond donors (Lipinski definition) is 0. The van der Waals surface area contributed by atoms with Gasteiger partial charge >= 0.3 is 14.5 Å². The van der Waals surface area contributed by atoms with Gasteiger partial charge in [0.1, 0.15) is 4.32 Å². The van der Waals surface area contributed by atoms with Crippen molar-refractivity contribution in [3.8, 4) is 0 Å². The van der Waals surface area contributed by atoms with Gasteiger partial charge in [0, 0.05) is 13.2 Å². The molecule has 126 valence electrons. The van der Waals surface area contributed by atoms with Gasteiger partial charge in [0.05, 0.1) is 6.61 Å². The van der Waals surface area contributed by atoms with Crippen LogP contribution in [-0.2, 0) is 18.4 Å². The van der Waals surface area contributed by atoms with E-state index in [0.717, 1.165) is 44.9 Å². The molecule has 0 aliphatic carbocycles. The van der Waals surface area contributed by atoms with Crippen LogP contribution in [0.1, 0.15) is 53.4 Å². The summed E-state index contributed by atoms with van der Waals surface area (Å²) in [6.45, 7) is 11.7. The Morgan fingerprint density at radius 2 is 1.57 bits per heavy atom. The molecular formula is C15H31BrO4Si. The van der Waals surface area contributed by atoms with Gasteiger partial charge in [-0.3, -0.25) is 4.79 Å². The molecular weight excluding hydrogens is 352 g/mol. The zero-order chi connectivity index (χ0) is 16.4. The molecule has 0 aromatic heterocycles. The quantitative estimate of drug-likeness (QED) is 0.217. The first-order chi connectivity index (χ1) is 9.75. The molecule has 0 N–H and O–H groups in total. The lowest BCUT2D eigenvalue weighted by molar-refractivity contribution is -0.145. The van der Waals surface area contributed by atoms with Gasteiger partial charge in [0.15, 0.2) is 0 Å². The molecule has 0 radical (unpaired) electrons. The molecule has 21 heavy (non-hydrogen) atoms. The van der Waals surface area contributed by atoms with E-state index >= 15 is 0 Å². The molecule has 0 aromatic rings. The Morgan fingerprint density at radius 1 is 1.05 bits per heavy atom. The van der Waals surface area contributed by atoms with Gasteiger partial charge in [-0.25, -0.2) is 0 Å². The number of carbonyl (C=O) groups is 1. The fourth-order valence-corrected chi connectivity index (χ4v) is 4.63. The van der Waals surface area contributed by atoms with Gasteiger partial charge < -0.3 is 13.6 Å². The summed E-state index contributed by atoms with van der Waals surface area (Å²) in [6, 6.07) is 1.03. The van der Waals surface area contributed by atoms with Gasteiger partial charge in [0.2, 0.25) is 0 Å². The highest BCUT2D eigenvalue weighted by atomic mass is 79.9. The van der Waals surface area contributed by atoms with Crippen molar-refractivity contribution in [1.82, 2.24) is 0 Å². The number of alkyl halides is 1.